The minimum absolute atomic E-state index is 0.119. The Morgan fingerprint density at radius 2 is 1.78 bits per heavy atom. The van der Waals surface area contributed by atoms with Crippen LogP contribution < -0.4 is 10.5 Å². The van der Waals surface area contributed by atoms with Crippen molar-refractivity contribution in [1.82, 2.24) is 0 Å². The lowest BCUT2D eigenvalue weighted by Gasteiger charge is -2.11. The average molecular weight is 251 g/mol. The zero-order valence-corrected chi connectivity index (χ0v) is 11.7. The highest BCUT2D eigenvalue weighted by molar-refractivity contribution is 5.28. The van der Waals surface area contributed by atoms with Crippen LogP contribution in [0.2, 0.25) is 0 Å². The second kappa shape index (κ2) is 8.11. The van der Waals surface area contributed by atoms with Crippen LogP contribution in [0.15, 0.2) is 24.3 Å². The summed E-state index contributed by atoms with van der Waals surface area (Å²) >= 11 is 0. The van der Waals surface area contributed by atoms with E-state index in [1.54, 1.807) is 0 Å². The fraction of sp³-hybridized carbons (Fsp3) is 0.600. The molecule has 2 N–H and O–H groups in total. The maximum Gasteiger partial charge on any atom is 0.119 e. The van der Waals surface area contributed by atoms with E-state index in [2.05, 4.69) is 20.8 Å². The van der Waals surface area contributed by atoms with Gasteiger partial charge in [-0.05, 0) is 30.0 Å². The van der Waals surface area contributed by atoms with E-state index in [-0.39, 0.29) is 6.04 Å². The van der Waals surface area contributed by atoms with Crippen molar-refractivity contribution in [3.63, 3.8) is 0 Å². The average Bonchev–Trinajstić information content (AvgIpc) is 2.38. The Morgan fingerprint density at radius 1 is 1.11 bits per heavy atom. The zero-order valence-electron chi connectivity index (χ0n) is 11.7. The third kappa shape index (κ3) is 5.52. The van der Waals surface area contributed by atoms with E-state index in [1.807, 2.05) is 24.3 Å². The zero-order chi connectivity index (χ0) is 13.4. The molecular weight excluding hydrogens is 226 g/mol. The molecule has 0 spiro atoms. The second-order valence-electron chi connectivity index (χ2n) is 4.90. The molecule has 0 amide bonds. The molecule has 3 nitrogen and oxygen atoms in total. The molecule has 0 saturated carbocycles. The lowest BCUT2D eigenvalue weighted by molar-refractivity contribution is 0.0819. The van der Waals surface area contributed by atoms with Crippen LogP contribution in [-0.2, 0) is 4.74 Å². The van der Waals surface area contributed by atoms with E-state index in [0.29, 0.717) is 19.1 Å². The van der Waals surface area contributed by atoms with Crippen molar-refractivity contribution < 1.29 is 9.47 Å². The normalized spacial score (nSPS) is 12.7. The molecule has 102 valence electrons. The van der Waals surface area contributed by atoms with Crippen molar-refractivity contribution in [1.29, 1.82) is 0 Å². The molecule has 1 aromatic carbocycles. The molecule has 0 aromatic heterocycles. The molecule has 0 fully saturated rings. The maximum absolute atomic E-state index is 5.95. The van der Waals surface area contributed by atoms with Crippen LogP contribution in [0.4, 0.5) is 0 Å². The molecule has 0 aliphatic carbocycles. The molecule has 1 aromatic rings. The first-order chi connectivity index (χ1) is 8.63. The molecule has 0 aliphatic rings. The summed E-state index contributed by atoms with van der Waals surface area (Å²) in [5.74, 6) is 1.44. The molecule has 0 saturated heterocycles. The third-order valence-corrected chi connectivity index (χ3v) is 2.70. The Morgan fingerprint density at radius 3 is 2.33 bits per heavy atom. The van der Waals surface area contributed by atoms with Gasteiger partial charge in [0.2, 0.25) is 0 Å². The van der Waals surface area contributed by atoms with E-state index in [4.69, 9.17) is 15.2 Å². The van der Waals surface area contributed by atoms with Crippen molar-refractivity contribution in [2.24, 2.45) is 11.7 Å². The summed E-state index contributed by atoms with van der Waals surface area (Å²) in [4.78, 5) is 0. The number of nitrogens with two attached hydrogens (primary N) is 1. The van der Waals surface area contributed by atoms with E-state index in [1.165, 1.54) is 0 Å². The predicted molar refractivity (Wildman–Crippen MR) is 74.8 cm³/mol. The highest BCUT2D eigenvalue weighted by Gasteiger charge is 2.03. The molecule has 3 heteroatoms. The smallest absolute Gasteiger partial charge is 0.119 e. The second-order valence-corrected chi connectivity index (χ2v) is 4.90. The van der Waals surface area contributed by atoms with Gasteiger partial charge in [0.15, 0.2) is 0 Å². The number of rotatable bonds is 8. The molecule has 1 atom stereocenters. The van der Waals surface area contributed by atoms with Crippen LogP contribution in [-0.4, -0.2) is 19.8 Å². The van der Waals surface area contributed by atoms with Crippen LogP contribution in [0, 0.1) is 5.92 Å². The standard InChI is InChI=1S/C15H25NO2/c1-4-15(16)13-5-7-14(8-6-13)18-10-9-17-11-12(2)3/h5-8,12,15H,4,9-11,16H2,1-3H3. The van der Waals surface area contributed by atoms with Gasteiger partial charge in [-0.2, -0.15) is 0 Å². The molecule has 0 radical (unpaired) electrons. The fourth-order valence-corrected chi connectivity index (χ4v) is 1.58. The van der Waals surface area contributed by atoms with Crippen LogP contribution in [0.1, 0.15) is 38.8 Å². The van der Waals surface area contributed by atoms with Gasteiger partial charge >= 0.3 is 0 Å². The summed E-state index contributed by atoms with van der Waals surface area (Å²) in [5, 5.41) is 0. The molecule has 0 bridgehead atoms. The number of hydrogen-bond donors (Lipinski definition) is 1. The highest BCUT2D eigenvalue weighted by Crippen LogP contribution is 2.18. The number of ether oxygens (including phenoxy) is 2. The van der Waals surface area contributed by atoms with Crippen molar-refractivity contribution >= 4 is 0 Å². The predicted octanol–water partition coefficient (Wildman–Crippen LogP) is 3.15. The Bertz CT molecular complexity index is 322. The van der Waals surface area contributed by atoms with Gasteiger partial charge in [0.1, 0.15) is 12.4 Å². The van der Waals surface area contributed by atoms with Crippen molar-refractivity contribution in [2.45, 2.75) is 33.2 Å². The van der Waals surface area contributed by atoms with Gasteiger partial charge in [0, 0.05) is 12.6 Å². The van der Waals surface area contributed by atoms with E-state index < -0.39 is 0 Å². The lowest BCUT2D eigenvalue weighted by Crippen LogP contribution is -2.10. The fourth-order valence-electron chi connectivity index (χ4n) is 1.58. The summed E-state index contributed by atoms with van der Waals surface area (Å²) in [5.41, 5.74) is 7.11. The van der Waals surface area contributed by atoms with Gasteiger partial charge in [-0.1, -0.05) is 32.9 Å². The lowest BCUT2D eigenvalue weighted by atomic mass is 10.1. The highest BCUT2D eigenvalue weighted by atomic mass is 16.5. The van der Waals surface area contributed by atoms with E-state index in [0.717, 1.165) is 24.3 Å². The molecule has 0 heterocycles. The minimum Gasteiger partial charge on any atom is -0.491 e. The maximum atomic E-state index is 5.95. The quantitative estimate of drug-likeness (QED) is 0.722. The van der Waals surface area contributed by atoms with Gasteiger partial charge < -0.3 is 15.2 Å². The first-order valence-corrected chi connectivity index (χ1v) is 6.69. The Kier molecular flexibility index (Phi) is 6.76. The minimum atomic E-state index is 0.119. The molecular formula is C15H25NO2. The first-order valence-electron chi connectivity index (χ1n) is 6.69. The summed E-state index contributed by atoms with van der Waals surface area (Å²) in [6.07, 6.45) is 0.948. The van der Waals surface area contributed by atoms with Gasteiger partial charge in [-0.3, -0.25) is 0 Å². The molecule has 0 aliphatic heterocycles. The van der Waals surface area contributed by atoms with Crippen molar-refractivity contribution in [3.8, 4) is 5.75 Å². The Hall–Kier alpha value is -1.06. The Balaban J connectivity index is 2.27. The monoisotopic (exact) mass is 251 g/mol. The van der Waals surface area contributed by atoms with E-state index in [9.17, 15) is 0 Å². The van der Waals surface area contributed by atoms with E-state index >= 15 is 0 Å². The van der Waals surface area contributed by atoms with Gasteiger partial charge in [-0.25, -0.2) is 0 Å². The molecule has 1 unspecified atom stereocenters. The van der Waals surface area contributed by atoms with Crippen LogP contribution >= 0.6 is 0 Å². The largest absolute Gasteiger partial charge is 0.491 e. The van der Waals surface area contributed by atoms with Gasteiger partial charge in [0.05, 0.1) is 6.61 Å². The first kappa shape index (κ1) is 15.0. The number of hydrogen-bond acceptors (Lipinski definition) is 3. The number of benzene rings is 1. The summed E-state index contributed by atoms with van der Waals surface area (Å²) in [6.45, 7) is 8.36. The van der Waals surface area contributed by atoms with Gasteiger partial charge in [0.25, 0.3) is 0 Å². The van der Waals surface area contributed by atoms with Crippen molar-refractivity contribution in [2.75, 3.05) is 19.8 Å². The molecule has 1 rings (SSSR count). The summed E-state index contributed by atoms with van der Waals surface area (Å²) in [6, 6.07) is 8.10. The van der Waals surface area contributed by atoms with Crippen LogP contribution in [0.25, 0.3) is 0 Å². The third-order valence-electron chi connectivity index (χ3n) is 2.70. The van der Waals surface area contributed by atoms with Gasteiger partial charge in [-0.15, -0.1) is 0 Å². The topological polar surface area (TPSA) is 44.5 Å². The van der Waals surface area contributed by atoms with Crippen molar-refractivity contribution in [3.05, 3.63) is 29.8 Å². The molecule has 18 heavy (non-hydrogen) atoms. The SMILES string of the molecule is CCC(N)c1ccc(OCCOCC(C)C)cc1. The van der Waals surface area contributed by atoms with Crippen LogP contribution in [0.3, 0.4) is 0 Å². The van der Waals surface area contributed by atoms with Crippen LogP contribution in [0.5, 0.6) is 5.75 Å². The Labute approximate surface area is 110 Å². The summed E-state index contributed by atoms with van der Waals surface area (Å²) < 4.78 is 11.0. The summed E-state index contributed by atoms with van der Waals surface area (Å²) in [7, 11) is 0.